The highest BCUT2D eigenvalue weighted by Gasteiger charge is 2.33. The maximum absolute atomic E-state index is 13.6. The Kier molecular flexibility index (Phi) is 6.81. The number of hydrogen-bond donors (Lipinski definition) is 0. The van der Waals surface area contributed by atoms with E-state index >= 15 is 0 Å². The van der Waals surface area contributed by atoms with E-state index in [1.165, 1.54) is 17.4 Å². The summed E-state index contributed by atoms with van der Waals surface area (Å²) in [6.45, 7) is 7.51. The molecule has 0 unspecified atom stereocenters. The number of rotatable bonds is 6. The van der Waals surface area contributed by atoms with Gasteiger partial charge in [-0.1, -0.05) is 66.0 Å². The van der Waals surface area contributed by atoms with Gasteiger partial charge in [0.25, 0.3) is 5.56 Å². The summed E-state index contributed by atoms with van der Waals surface area (Å²) in [6, 6.07) is 15.3. The molecule has 3 aromatic rings. The lowest BCUT2D eigenvalue weighted by Crippen LogP contribution is -2.39. The number of thioether (sulfide) groups is 1. The molecule has 0 saturated heterocycles. The van der Waals surface area contributed by atoms with Gasteiger partial charge in [-0.05, 0) is 49.4 Å². The smallest absolute Gasteiger partial charge is 0.338 e. The van der Waals surface area contributed by atoms with Gasteiger partial charge in [-0.3, -0.25) is 9.36 Å². The van der Waals surface area contributed by atoms with Crippen LogP contribution in [0.5, 0.6) is 0 Å². The van der Waals surface area contributed by atoms with Crippen molar-refractivity contribution >= 4 is 35.1 Å². The summed E-state index contributed by atoms with van der Waals surface area (Å²) in [5.41, 5.74) is 3.65. The summed E-state index contributed by atoms with van der Waals surface area (Å²) in [5.74, 6) is -0.497. The highest BCUT2D eigenvalue weighted by Crippen LogP contribution is 2.31. The fourth-order valence-electron chi connectivity index (χ4n) is 3.71. The minimum absolute atomic E-state index is 0.0889. The Labute approximate surface area is 200 Å². The van der Waals surface area contributed by atoms with Crippen LogP contribution in [0.4, 0.5) is 0 Å². The van der Waals surface area contributed by atoms with Crippen molar-refractivity contribution in [3.63, 3.8) is 0 Å². The molecule has 0 amide bonds. The maximum atomic E-state index is 13.6. The fourth-order valence-corrected chi connectivity index (χ4v) is 5.17. The summed E-state index contributed by atoms with van der Waals surface area (Å²) >= 11 is 2.96. The fraction of sp³-hybridized carbons (Fsp3) is 0.192. The van der Waals surface area contributed by atoms with Crippen LogP contribution in [-0.4, -0.2) is 23.4 Å². The third-order valence-electron chi connectivity index (χ3n) is 5.38. The van der Waals surface area contributed by atoms with Gasteiger partial charge in [0.15, 0.2) is 4.80 Å². The second-order valence-electron chi connectivity index (χ2n) is 7.65. The molecule has 1 atom stereocenters. The van der Waals surface area contributed by atoms with Gasteiger partial charge in [-0.25, -0.2) is 9.79 Å². The van der Waals surface area contributed by atoms with Gasteiger partial charge in [0, 0.05) is 4.90 Å². The van der Waals surface area contributed by atoms with Crippen LogP contribution >= 0.6 is 23.1 Å². The normalized spacial score (nSPS) is 15.7. The number of ether oxygens (including phenoxy) is 1. The van der Waals surface area contributed by atoms with Crippen LogP contribution in [-0.2, 0) is 9.53 Å². The van der Waals surface area contributed by atoms with E-state index in [0.29, 0.717) is 20.6 Å². The third kappa shape index (κ3) is 4.65. The van der Waals surface area contributed by atoms with Crippen molar-refractivity contribution in [2.45, 2.75) is 24.8 Å². The van der Waals surface area contributed by atoms with E-state index in [-0.39, 0.29) is 12.2 Å². The van der Waals surface area contributed by atoms with Crippen molar-refractivity contribution in [3.8, 4) is 0 Å². The van der Waals surface area contributed by atoms with Crippen molar-refractivity contribution in [3.05, 3.63) is 109 Å². The highest BCUT2D eigenvalue weighted by molar-refractivity contribution is 7.98. The first-order valence-corrected chi connectivity index (χ1v) is 12.5. The molecule has 0 aliphatic carbocycles. The Morgan fingerprint density at radius 2 is 1.88 bits per heavy atom. The van der Waals surface area contributed by atoms with Gasteiger partial charge in [0.1, 0.15) is 6.61 Å². The number of fused-ring (bicyclic) bond motifs is 1. The van der Waals surface area contributed by atoms with Gasteiger partial charge in [0.05, 0.1) is 21.8 Å². The molecular weight excluding hydrogens is 452 g/mol. The summed E-state index contributed by atoms with van der Waals surface area (Å²) in [7, 11) is 0. The Hall–Kier alpha value is -3.16. The van der Waals surface area contributed by atoms with Crippen molar-refractivity contribution in [1.29, 1.82) is 0 Å². The maximum Gasteiger partial charge on any atom is 0.338 e. The molecule has 7 heteroatoms. The predicted octanol–water partition coefficient (Wildman–Crippen LogP) is 3.99. The molecule has 0 saturated carbocycles. The molecule has 1 aromatic heterocycles. The van der Waals surface area contributed by atoms with Crippen LogP contribution in [0.25, 0.3) is 6.08 Å². The van der Waals surface area contributed by atoms with Crippen LogP contribution in [0, 0.1) is 6.92 Å². The summed E-state index contributed by atoms with van der Waals surface area (Å²) in [4.78, 5) is 32.9. The van der Waals surface area contributed by atoms with Crippen molar-refractivity contribution in [2.75, 3.05) is 12.9 Å². The molecule has 0 radical (unpaired) electrons. The summed E-state index contributed by atoms with van der Waals surface area (Å²) in [5, 5.41) is 0. The van der Waals surface area contributed by atoms with Gasteiger partial charge >= 0.3 is 5.97 Å². The Bertz CT molecular complexity index is 1410. The van der Waals surface area contributed by atoms with Crippen LogP contribution < -0.4 is 14.9 Å². The van der Waals surface area contributed by atoms with E-state index < -0.39 is 12.0 Å². The molecule has 0 N–H and O–H groups in total. The van der Waals surface area contributed by atoms with E-state index in [2.05, 4.69) is 11.6 Å². The molecule has 1 aliphatic heterocycles. The molecule has 0 spiro atoms. The molecule has 0 fully saturated rings. The first kappa shape index (κ1) is 23.0. The van der Waals surface area contributed by atoms with Gasteiger partial charge in [0.2, 0.25) is 0 Å². The topological polar surface area (TPSA) is 60.7 Å². The van der Waals surface area contributed by atoms with Crippen molar-refractivity contribution < 1.29 is 9.53 Å². The molecule has 2 heterocycles. The summed E-state index contributed by atoms with van der Waals surface area (Å²) in [6.07, 6.45) is 5.39. The minimum Gasteiger partial charge on any atom is -0.458 e. The molecule has 1 aliphatic rings. The number of carbonyl (C=O) groups is 1. The quantitative estimate of drug-likeness (QED) is 0.307. The second kappa shape index (κ2) is 9.77. The van der Waals surface area contributed by atoms with E-state index in [1.54, 1.807) is 23.3 Å². The van der Waals surface area contributed by atoms with Gasteiger partial charge in [-0.2, -0.15) is 0 Å². The number of aryl methyl sites for hydroxylation is 1. The number of aromatic nitrogens is 1. The monoisotopic (exact) mass is 476 g/mol. The number of thiazole rings is 1. The van der Waals surface area contributed by atoms with Crippen molar-refractivity contribution in [2.24, 2.45) is 4.99 Å². The predicted molar refractivity (Wildman–Crippen MR) is 134 cm³/mol. The second-order valence-corrected chi connectivity index (χ2v) is 9.54. The lowest BCUT2D eigenvalue weighted by molar-refractivity contribution is -0.138. The Morgan fingerprint density at radius 3 is 2.52 bits per heavy atom. The van der Waals surface area contributed by atoms with Crippen LogP contribution in [0.3, 0.4) is 0 Å². The standard InChI is InChI=1S/C26H24N2O3S2/c1-5-14-31-25(30)22-17(3)27-26-28(23(22)19-10-12-20(32-4)13-11-19)24(29)21(33-26)15-18-8-6-16(2)7-9-18/h5-13,15,23H,1,14H2,2-4H3/b21-15+/t23-/m0/s1. The van der Waals surface area contributed by atoms with E-state index in [9.17, 15) is 9.59 Å². The van der Waals surface area contributed by atoms with E-state index in [4.69, 9.17) is 4.74 Å². The number of carbonyl (C=O) groups excluding carboxylic acids is 1. The zero-order valence-electron chi connectivity index (χ0n) is 18.7. The number of nitrogens with zero attached hydrogens (tertiary/aromatic N) is 2. The average molecular weight is 477 g/mol. The van der Waals surface area contributed by atoms with Crippen LogP contribution in [0.15, 0.2) is 87.1 Å². The zero-order chi connectivity index (χ0) is 23.5. The molecular formula is C26H24N2O3S2. The van der Waals surface area contributed by atoms with Crippen molar-refractivity contribution in [1.82, 2.24) is 4.57 Å². The van der Waals surface area contributed by atoms with Crippen LogP contribution in [0.1, 0.15) is 29.7 Å². The molecule has 2 aromatic carbocycles. The van der Waals surface area contributed by atoms with Crippen LogP contribution in [0.2, 0.25) is 0 Å². The highest BCUT2D eigenvalue weighted by atomic mass is 32.2. The SMILES string of the molecule is C=CCOC(=O)C1=C(C)N=c2s/c(=C/c3ccc(C)cc3)c(=O)n2[C@H]1c1ccc(SC)cc1. The Balaban J connectivity index is 1.91. The largest absolute Gasteiger partial charge is 0.458 e. The summed E-state index contributed by atoms with van der Waals surface area (Å²) < 4.78 is 7.54. The molecule has 168 valence electrons. The first-order chi connectivity index (χ1) is 15.9. The number of esters is 1. The lowest BCUT2D eigenvalue weighted by Gasteiger charge is -2.24. The Morgan fingerprint density at radius 1 is 1.18 bits per heavy atom. The lowest BCUT2D eigenvalue weighted by atomic mass is 9.96. The molecule has 4 rings (SSSR count). The number of allylic oxidation sites excluding steroid dienone is 1. The van der Waals surface area contributed by atoms with E-state index in [0.717, 1.165) is 21.6 Å². The molecule has 0 bridgehead atoms. The van der Waals surface area contributed by atoms with E-state index in [1.807, 2.05) is 67.8 Å². The first-order valence-electron chi connectivity index (χ1n) is 10.4. The minimum atomic E-state index is -0.616. The molecule has 5 nitrogen and oxygen atoms in total. The van der Waals surface area contributed by atoms with Gasteiger partial charge in [-0.15, -0.1) is 11.8 Å². The average Bonchev–Trinajstić information content (AvgIpc) is 3.12. The molecule has 33 heavy (non-hydrogen) atoms. The number of benzene rings is 2. The third-order valence-corrected chi connectivity index (χ3v) is 7.11. The number of hydrogen-bond acceptors (Lipinski definition) is 6. The zero-order valence-corrected chi connectivity index (χ0v) is 20.3. The van der Waals surface area contributed by atoms with Gasteiger partial charge < -0.3 is 4.74 Å².